The van der Waals surface area contributed by atoms with Crippen LogP contribution in [0.1, 0.15) is 5.56 Å². The van der Waals surface area contributed by atoms with Gasteiger partial charge in [0.2, 0.25) is 0 Å². The lowest BCUT2D eigenvalue weighted by Gasteiger charge is -2.13. The molecule has 9 heteroatoms. The molecule has 1 aromatic heterocycles. The number of hydrogen-bond acceptors (Lipinski definition) is 4. The van der Waals surface area contributed by atoms with Gasteiger partial charge in [0.15, 0.2) is 12.2 Å². The summed E-state index contributed by atoms with van der Waals surface area (Å²) in [6.45, 7) is 0. The van der Waals surface area contributed by atoms with Crippen molar-refractivity contribution < 1.29 is 26.0 Å². The van der Waals surface area contributed by atoms with Crippen molar-refractivity contribution in [2.24, 2.45) is 0 Å². The number of nitrogens with one attached hydrogen (secondary N) is 1. The predicted molar refractivity (Wildman–Crippen MR) is 84.2 cm³/mol. The topological polar surface area (TPSA) is 72.2 Å². The number of alkyl halides is 3. The summed E-state index contributed by atoms with van der Waals surface area (Å²) in [4.78, 5) is 3.27. The summed E-state index contributed by atoms with van der Waals surface area (Å²) in [7, 11) is -4.22. The fraction of sp³-hybridized carbons (Fsp3) is 0.0625. The Labute approximate surface area is 141 Å². The van der Waals surface area contributed by atoms with Gasteiger partial charge in [-0.05, 0) is 30.3 Å². The standard InChI is InChI=1S/C16H11F3N2O3S/c17-16(18,19)11-4-3-5-12(8-11)25(22,23)21-14-7-2-1-6-13(14)15-9-20-10-24-15/h1-10,21H. The number of anilines is 1. The zero-order valence-corrected chi connectivity index (χ0v) is 13.3. The fourth-order valence-electron chi connectivity index (χ4n) is 2.18. The molecule has 25 heavy (non-hydrogen) atoms. The summed E-state index contributed by atoms with van der Waals surface area (Å²) >= 11 is 0. The van der Waals surface area contributed by atoms with Crippen molar-refractivity contribution in [2.75, 3.05) is 4.72 Å². The molecule has 0 fully saturated rings. The predicted octanol–water partition coefficient (Wildman–Crippen LogP) is 4.16. The maximum absolute atomic E-state index is 12.8. The van der Waals surface area contributed by atoms with Crippen LogP contribution >= 0.6 is 0 Å². The van der Waals surface area contributed by atoms with Gasteiger partial charge in [0.05, 0.1) is 22.3 Å². The van der Waals surface area contributed by atoms with E-state index in [1.807, 2.05) is 0 Å². The SMILES string of the molecule is O=S(=O)(Nc1ccccc1-c1cnco1)c1cccc(C(F)(F)F)c1. The molecule has 5 nitrogen and oxygen atoms in total. The maximum Gasteiger partial charge on any atom is 0.416 e. The third kappa shape index (κ3) is 3.66. The minimum Gasteiger partial charge on any atom is -0.443 e. The van der Waals surface area contributed by atoms with Crippen LogP contribution in [-0.2, 0) is 16.2 Å². The number of oxazole rings is 1. The Morgan fingerprint density at radius 1 is 1.04 bits per heavy atom. The first-order chi connectivity index (χ1) is 11.8. The van der Waals surface area contributed by atoms with E-state index in [9.17, 15) is 21.6 Å². The van der Waals surface area contributed by atoms with Gasteiger partial charge in [0.1, 0.15) is 0 Å². The van der Waals surface area contributed by atoms with Crippen molar-refractivity contribution >= 4 is 15.7 Å². The summed E-state index contributed by atoms with van der Waals surface area (Å²) in [5.41, 5.74) is -0.467. The molecule has 0 aliphatic carbocycles. The van der Waals surface area contributed by atoms with Gasteiger partial charge in [-0.25, -0.2) is 13.4 Å². The average molecular weight is 368 g/mol. The summed E-state index contributed by atoms with van der Waals surface area (Å²) < 4.78 is 70.8. The summed E-state index contributed by atoms with van der Waals surface area (Å²) in [5.74, 6) is 0.322. The van der Waals surface area contributed by atoms with Crippen LogP contribution in [0, 0.1) is 0 Å². The van der Waals surface area contributed by atoms with Crippen LogP contribution < -0.4 is 4.72 Å². The normalized spacial score (nSPS) is 12.1. The molecule has 1 N–H and O–H groups in total. The molecule has 0 atom stereocenters. The lowest BCUT2D eigenvalue weighted by Crippen LogP contribution is -2.15. The summed E-state index contributed by atoms with van der Waals surface area (Å²) in [6.07, 6.45) is -2.05. The third-order valence-electron chi connectivity index (χ3n) is 3.34. The molecule has 2 aromatic carbocycles. The van der Waals surface area contributed by atoms with Gasteiger partial charge >= 0.3 is 6.18 Å². The monoisotopic (exact) mass is 368 g/mol. The molecule has 0 saturated heterocycles. The Morgan fingerprint density at radius 2 is 1.80 bits per heavy atom. The lowest BCUT2D eigenvalue weighted by atomic mass is 10.1. The van der Waals surface area contributed by atoms with Gasteiger partial charge in [-0.3, -0.25) is 4.72 Å². The number of sulfonamides is 1. The van der Waals surface area contributed by atoms with Crippen molar-refractivity contribution in [3.05, 3.63) is 66.7 Å². The highest BCUT2D eigenvalue weighted by Gasteiger charge is 2.31. The van der Waals surface area contributed by atoms with Crippen LogP contribution in [0.2, 0.25) is 0 Å². The van der Waals surface area contributed by atoms with Crippen molar-refractivity contribution in [2.45, 2.75) is 11.1 Å². The third-order valence-corrected chi connectivity index (χ3v) is 4.70. The zero-order valence-electron chi connectivity index (χ0n) is 12.5. The van der Waals surface area contributed by atoms with Crippen LogP contribution in [-0.4, -0.2) is 13.4 Å². The van der Waals surface area contributed by atoms with E-state index in [1.165, 1.54) is 18.7 Å². The second-order valence-corrected chi connectivity index (χ2v) is 6.72. The number of benzene rings is 2. The minimum atomic E-state index is -4.64. The van der Waals surface area contributed by atoms with E-state index in [2.05, 4.69) is 9.71 Å². The van der Waals surface area contributed by atoms with Crippen LogP contribution in [0.4, 0.5) is 18.9 Å². The van der Waals surface area contributed by atoms with Gasteiger partial charge < -0.3 is 4.42 Å². The number of aromatic nitrogens is 1. The van der Waals surface area contributed by atoms with Gasteiger partial charge in [0.25, 0.3) is 10.0 Å². The number of halogens is 3. The average Bonchev–Trinajstić information content (AvgIpc) is 3.09. The van der Waals surface area contributed by atoms with Crippen molar-refractivity contribution in [3.8, 4) is 11.3 Å². The smallest absolute Gasteiger partial charge is 0.416 e. The van der Waals surface area contributed by atoms with E-state index in [4.69, 9.17) is 4.42 Å². The van der Waals surface area contributed by atoms with E-state index in [1.54, 1.807) is 18.2 Å². The molecule has 1 heterocycles. The Morgan fingerprint density at radius 3 is 2.48 bits per heavy atom. The van der Waals surface area contributed by atoms with Crippen LogP contribution in [0.3, 0.4) is 0 Å². The molecule has 130 valence electrons. The van der Waals surface area contributed by atoms with Crippen molar-refractivity contribution in [1.82, 2.24) is 4.98 Å². The number of nitrogens with zero attached hydrogens (tertiary/aromatic N) is 1. The molecule has 0 amide bonds. The Balaban J connectivity index is 1.99. The molecule has 0 spiro atoms. The quantitative estimate of drug-likeness (QED) is 0.751. The number of rotatable bonds is 4. The molecule has 0 radical (unpaired) electrons. The van der Waals surface area contributed by atoms with Crippen LogP contribution in [0.15, 0.2) is 70.4 Å². The molecule has 3 aromatic rings. The van der Waals surface area contributed by atoms with E-state index >= 15 is 0 Å². The van der Waals surface area contributed by atoms with Gasteiger partial charge in [-0.1, -0.05) is 18.2 Å². The van der Waals surface area contributed by atoms with E-state index < -0.39 is 26.7 Å². The molecular weight excluding hydrogens is 357 g/mol. The Kier molecular flexibility index (Phi) is 4.25. The molecule has 0 saturated carbocycles. The van der Waals surface area contributed by atoms with Crippen LogP contribution in [0.5, 0.6) is 0 Å². The number of para-hydroxylation sites is 1. The van der Waals surface area contributed by atoms with Gasteiger partial charge in [0, 0.05) is 5.56 Å². The van der Waals surface area contributed by atoms with E-state index in [0.717, 1.165) is 18.2 Å². The second-order valence-electron chi connectivity index (χ2n) is 5.04. The molecule has 0 bridgehead atoms. The zero-order chi connectivity index (χ0) is 18.1. The highest BCUT2D eigenvalue weighted by atomic mass is 32.2. The fourth-order valence-corrected chi connectivity index (χ4v) is 3.30. The summed E-state index contributed by atoms with van der Waals surface area (Å²) in [6, 6.07) is 9.85. The number of hydrogen-bond donors (Lipinski definition) is 1. The molecule has 0 unspecified atom stereocenters. The van der Waals surface area contributed by atoms with Crippen LogP contribution in [0.25, 0.3) is 11.3 Å². The Hall–Kier alpha value is -2.81. The van der Waals surface area contributed by atoms with Crippen molar-refractivity contribution in [3.63, 3.8) is 0 Å². The second kappa shape index (κ2) is 6.25. The first-order valence-electron chi connectivity index (χ1n) is 6.95. The molecular formula is C16H11F3N2O3S. The molecule has 3 rings (SSSR count). The van der Waals surface area contributed by atoms with Crippen molar-refractivity contribution in [1.29, 1.82) is 0 Å². The largest absolute Gasteiger partial charge is 0.443 e. The lowest BCUT2D eigenvalue weighted by molar-refractivity contribution is -0.137. The van der Waals surface area contributed by atoms with E-state index in [-0.39, 0.29) is 5.69 Å². The Bertz CT molecular complexity index is 984. The highest BCUT2D eigenvalue weighted by molar-refractivity contribution is 7.92. The van der Waals surface area contributed by atoms with E-state index in [0.29, 0.717) is 17.4 Å². The minimum absolute atomic E-state index is 0.164. The van der Waals surface area contributed by atoms with Gasteiger partial charge in [-0.2, -0.15) is 13.2 Å². The van der Waals surface area contributed by atoms with Gasteiger partial charge in [-0.15, -0.1) is 0 Å². The maximum atomic E-state index is 12.8. The molecule has 0 aliphatic heterocycles. The highest BCUT2D eigenvalue weighted by Crippen LogP contribution is 2.32. The first kappa shape index (κ1) is 17.0. The summed E-state index contributed by atoms with van der Waals surface area (Å²) in [5, 5.41) is 0. The molecule has 0 aliphatic rings. The first-order valence-corrected chi connectivity index (χ1v) is 8.44.